The molecule has 0 fully saturated rings. The summed E-state index contributed by atoms with van der Waals surface area (Å²) in [5.74, 6) is 0.944. The monoisotopic (exact) mass is 194 g/mol. The largest absolute Gasteiger partial charge is 0.370 e. The number of nitrogens with one attached hydrogen (secondary N) is 1. The first-order valence-electron chi connectivity index (χ1n) is 3.08. The summed E-state index contributed by atoms with van der Waals surface area (Å²) in [5.41, 5.74) is 0. The van der Waals surface area contributed by atoms with Crippen LogP contribution in [0.2, 0.25) is 0 Å². The molecule has 0 radical (unpaired) electrons. The van der Waals surface area contributed by atoms with Crippen LogP contribution in [-0.4, -0.2) is 11.5 Å². The van der Waals surface area contributed by atoms with Gasteiger partial charge in [-0.25, -0.2) is 4.98 Å². The van der Waals surface area contributed by atoms with Gasteiger partial charge in [-0.3, -0.25) is 0 Å². The molecule has 4 heteroatoms. The topological polar surface area (TPSA) is 24.9 Å². The van der Waals surface area contributed by atoms with E-state index < -0.39 is 0 Å². The molecule has 0 bridgehead atoms. The molecular formula is C7H12Cl2N2. The van der Waals surface area contributed by atoms with Crippen LogP contribution in [-0.2, 0) is 0 Å². The van der Waals surface area contributed by atoms with E-state index in [1.165, 1.54) is 0 Å². The lowest BCUT2D eigenvalue weighted by Crippen LogP contribution is -1.97. The van der Waals surface area contributed by atoms with Gasteiger partial charge in [-0.05, 0) is 19.1 Å². The van der Waals surface area contributed by atoms with Crippen LogP contribution in [0.4, 0.5) is 5.82 Å². The zero-order valence-electron chi connectivity index (χ0n) is 6.28. The number of nitrogens with zero attached hydrogens (tertiary/aromatic N) is 1. The molecule has 0 aliphatic heterocycles. The Labute approximate surface area is 79.2 Å². The smallest absolute Gasteiger partial charge is 0.125 e. The van der Waals surface area contributed by atoms with Crippen LogP contribution in [0.15, 0.2) is 24.4 Å². The highest BCUT2D eigenvalue weighted by atomic mass is 35.5. The number of halogens is 2. The molecule has 0 spiro atoms. The van der Waals surface area contributed by atoms with Gasteiger partial charge in [0.15, 0.2) is 0 Å². The maximum absolute atomic E-state index is 4.06. The molecule has 0 atom stereocenters. The lowest BCUT2D eigenvalue weighted by molar-refractivity contribution is 1.16. The highest BCUT2D eigenvalue weighted by molar-refractivity contribution is 5.85. The van der Waals surface area contributed by atoms with Gasteiger partial charge in [0, 0.05) is 12.7 Å². The Morgan fingerprint density at radius 3 is 2.55 bits per heavy atom. The van der Waals surface area contributed by atoms with E-state index in [1.807, 2.05) is 18.2 Å². The Balaban J connectivity index is 0. The van der Waals surface area contributed by atoms with Crippen molar-refractivity contribution >= 4 is 30.6 Å². The zero-order chi connectivity index (χ0) is 6.53. The van der Waals surface area contributed by atoms with E-state index in [0.717, 1.165) is 12.4 Å². The standard InChI is InChI=1S/C7H10N2.2ClH/c1-2-8-7-5-3-4-6-9-7;;/h3-6H,2H2,1H3,(H,8,9);2*1H. The van der Waals surface area contributed by atoms with Crippen molar-refractivity contribution in [1.29, 1.82) is 0 Å². The van der Waals surface area contributed by atoms with Crippen LogP contribution in [0.25, 0.3) is 0 Å². The van der Waals surface area contributed by atoms with Gasteiger partial charge in [0.1, 0.15) is 5.82 Å². The summed E-state index contributed by atoms with van der Waals surface area (Å²) in [6.07, 6.45) is 1.78. The molecule has 64 valence electrons. The number of hydrogen-bond acceptors (Lipinski definition) is 2. The number of rotatable bonds is 2. The van der Waals surface area contributed by atoms with E-state index in [9.17, 15) is 0 Å². The number of anilines is 1. The van der Waals surface area contributed by atoms with Crippen LogP contribution in [0.3, 0.4) is 0 Å². The fraction of sp³-hybridized carbons (Fsp3) is 0.286. The second kappa shape index (κ2) is 7.63. The molecule has 1 aromatic heterocycles. The summed E-state index contributed by atoms with van der Waals surface area (Å²) in [6.45, 7) is 2.98. The van der Waals surface area contributed by atoms with Crippen LogP contribution < -0.4 is 5.32 Å². The Morgan fingerprint density at radius 2 is 2.09 bits per heavy atom. The molecule has 1 aromatic rings. The van der Waals surface area contributed by atoms with Crippen molar-refractivity contribution in [2.24, 2.45) is 0 Å². The van der Waals surface area contributed by atoms with Crippen LogP contribution in [0.5, 0.6) is 0 Å². The molecular weight excluding hydrogens is 183 g/mol. The second-order valence-electron chi connectivity index (χ2n) is 1.75. The van der Waals surface area contributed by atoms with Gasteiger partial charge in [-0.2, -0.15) is 0 Å². The number of aromatic nitrogens is 1. The van der Waals surface area contributed by atoms with Crippen LogP contribution in [0, 0.1) is 0 Å². The quantitative estimate of drug-likeness (QED) is 0.783. The highest BCUT2D eigenvalue weighted by Gasteiger charge is 1.83. The second-order valence-corrected chi connectivity index (χ2v) is 1.75. The van der Waals surface area contributed by atoms with Gasteiger partial charge in [0.25, 0.3) is 0 Å². The van der Waals surface area contributed by atoms with Crippen molar-refractivity contribution in [2.45, 2.75) is 6.92 Å². The molecule has 0 saturated carbocycles. The minimum atomic E-state index is 0. The predicted octanol–water partition coefficient (Wildman–Crippen LogP) is 2.36. The molecule has 0 aliphatic carbocycles. The Bertz CT molecular complexity index is 167. The van der Waals surface area contributed by atoms with E-state index >= 15 is 0 Å². The summed E-state index contributed by atoms with van der Waals surface area (Å²) >= 11 is 0. The molecule has 11 heavy (non-hydrogen) atoms. The van der Waals surface area contributed by atoms with Gasteiger partial charge < -0.3 is 5.32 Å². The van der Waals surface area contributed by atoms with Crippen molar-refractivity contribution in [3.63, 3.8) is 0 Å². The highest BCUT2D eigenvalue weighted by Crippen LogP contribution is 1.97. The molecule has 0 saturated heterocycles. The normalized spacial score (nSPS) is 7.36. The summed E-state index contributed by atoms with van der Waals surface area (Å²) < 4.78 is 0. The third kappa shape index (κ3) is 4.87. The molecule has 1 heterocycles. The first-order valence-corrected chi connectivity index (χ1v) is 3.08. The SMILES string of the molecule is CCNc1ccccn1.Cl.Cl. The fourth-order valence-electron chi connectivity index (χ4n) is 0.648. The van der Waals surface area contributed by atoms with Crippen molar-refractivity contribution in [1.82, 2.24) is 4.98 Å². The molecule has 2 nitrogen and oxygen atoms in total. The summed E-state index contributed by atoms with van der Waals surface area (Å²) in [6, 6.07) is 5.81. The third-order valence-electron chi connectivity index (χ3n) is 1.02. The van der Waals surface area contributed by atoms with Gasteiger partial charge >= 0.3 is 0 Å². The first kappa shape index (κ1) is 13.1. The number of hydrogen-bond donors (Lipinski definition) is 1. The lowest BCUT2D eigenvalue weighted by Gasteiger charge is -1.97. The minimum absolute atomic E-state index is 0. The predicted molar refractivity (Wildman–Crippen MR) is 52.9 cm³/mol. The molecule has 0 aromatic carbocycles. The Morgan fingerprint density at radius 1 is 1.36 bits per heavy atom. The summed E-state index contributed by atoms with van der Waals surface area (Å²) in [4.78, 5) is 4.06. The molecule has 0 amide bonds. The number of pyridine rings is 1. The first-order chi connectivity index (χ1) is 4.43. The Hall–Kier alpha value is -0.470. The lowest BCUT2D eigenvalue weighted by atomic mass is 10.5. The molecule has 0 aliphatic rings. The van der Waals surface area contributed by atoms with E-state index in [2.05, 4.69) is 17.2 Å². The van der Waals surface area contributed by atoms with Crippen LogP contribution in [0.1, 0.15) is 6.92 Å². The van der Waals surface area contributed by atoms with E-state index in [1.54, 1.807) is 6.20 Å². The van der Waals surface area contributed by atoms with E-state index in [-0.39, 0.29) is 24.8 Å². The molecule has 1 rings (SSSR count). The maximum atomic E-state index is 4.06. The average Bonchev–Trinajstić information content (AvgIpc) is 1.91. The summed E-state index contributed by atoms with van der Waals surface area (Å²) in [7, 11) is 0. The van der Waals surface area contributed by atoms with E-state index in [4.69, 9.17) is 0 Å². The van der Waals surface area contributed by atoms with Gasteiger partial charge in [0.05, 0.1) is 0 Å². The Kier molecular flexibility index (Phi) is 9.12. The van der Waals surface area contributed by atoms with Crippen LogP contribution >= 0.6 is 24.8 Å². The minimum Gasteiger partial charge on any atom is -0.370 e. The third-order valence-corrected chi connectivity index (χ3v) is 1.02. The maximum Gasteiger partial charge on any atom is 0.125 e. The average molecular weight is 195 g/mol. The zero-order valence-corrected chi connectivity index (χ0v) is 7.91. The van der Waals surface area contributed by atoms with Gasteiger partial charge in [-0.1, -0.05) is 6.07 Å². The fourth-order valence-corrected chi connectivity index (χ4v) is 0.648. The molecule has 0 unspecified atom stereocenters. The molecule has 1 N–H and O–H groups in total. The van der Waals surface area contributed by atoms with Crippen molar-refractivity contribution in [3.05, 3.63) is 24.4 Å². The van der Waals surface area contributed by atoms with Crippen molar-refractivity contribution in [3.8, 4) is 0 Å². The summed E-state index contributed by atoms with van der Waals surface area (Å²) in [5, 5.41) is 3.10. The van der Waals surface area contributed by atoms with E-state index in [0.29, 0.717) is 0 Å². The van der Waals surface area contributed by atoms with Gasteiger partial charge in [0.2, 0.25) is 0 Å². The van der Waals surface area contributed by atoms with Gasteiger partial charge in [-0.15, -0.1) is 24.8 Å². The van der Waals surface area contributed by atoms with Crippen molar-refractivity contribution < 1.29 is 0 Å². The van der Waals surface area contributed by atoms with Crippen molar-refractivity contribution in [2.75, 3.05) is 11.9 Å².